The van der Waals surface area contributed by atoms with Crippen LogP contribution in [0.2, 0.25) is 0 Å². The Kier molecular flexibility index (Phi) is 3.28. The third-order valence-electron chi connectivity index (χ3n) is 3.70. The lowest BCUT2D eigenvalue weighted by molar-refractivity contribution is -0.0443. The van der Waals surface area contributed by atoms with Crippen molar-refractivity contribution >= 4 is 0 Å². The minimum atomic E-state index is 0.0204. The van der Waals surface area contributed by atoms with Crippen LogP contribution in [-0.2, 0) is 17.8 Å². The molecular formula is C13H20N4O. The van der Waals surface area contributed by atoms with Crippen molar-refractivity contribution in [1.82, 2.24) is 20.2 Å². The van der Waals surface area contributed by atoms with E-state index in [4.69, 9.17) is 4.74 Å². The molecule has 18 heavy (non-hydrogen) atoms. The van der Waals surface area contributed by atoms with Gasteiger partial charge in [0.15, 0.2) is 5.82 Å². The fraction of sp³-hybridized carbons (Fsp3) is 0.692. The zero-order valence-corrected chi connectivity index (χ0v) is 11.0. The van der Waals surface area contributed by atoms with Gasteiger partial charge in [-0.25, -0.2) is 9.97 Å². The molecule has 2 aliphatic heterocycles. The molecule has 1 saturated heterocycles. The summed E-state index contributed by atoms with van der Waals surface area (Å²) in [6, 6.07) is 0.549. The predicted molar refractivity (Wildman–Crippen MR) is 68.0 cm³/mol. The molecule has 1 aromatic rings. The summed E-state index contributed by atoms with van der Waals surface area (Å²) >= 11 is 0. The fourth-order valence-electron chi connectivity index (χ4n) is 2.52. The topological polar surface area (TPSA) is 50.3 Å². The average Bonchev–Trinajstić information content (AvgIpc) is 2.86. The van der Waals surface area contributed by atoms with E-state index in [1.807, 2.05) is 6.20 Å². The molecule has 0 saturated carbocycles. The number of hydrogen-bond acceptors (Lipinski definition) is 5. The molecule has 1 N–H and O–H groups in total. The Morgan fingerprint density at radius 1 is 1.44 bits per heavy atom. The van der Waals surface area contributed by atoms with E-state index in [0.29, 0.717) is 6.04 Å². The second-order valence-corrected chi connectivity index (χ2v) is 5.25. The van der Waals surface area contributed by atoms with E-state index >= 15 is 0 Å². The highest BCUT2D eigenvalue weighted by atomic mass is 16.5. The van der Waals surface area contributed by atoms with Crippen LogP contribution < -0.4 is 5.32 Å². The zero-order chi connectivity index (χ0) is 12.5. The summed E-state index contributed by atoms with van der Waals surface area (Å²) < 4.78 is 5.82. The lowest BCUT2D eigenvalue weighted by atomic mass is 10.2. The van der Waals surface area contributed by atoms with Crippen molar-refractivity contribution in [3.63, 3.8) is 0 Å². The van der Waals surface area contributed by atoms with Crippen LogP contribution >= 0.6 is 0 Å². The van der Waals surface area contributed by atoms with Gasteiger partial charge in [0.2, 0.25) is 0 Å². The lowest BCUT2D eigenvalue weighted by Crippen LogP contribution is -2.42. The quantitative estimate of drug-likeness (QED) is 0.841. The number of fused-ring (bicyclic) bond motifs is 1. The van der Waals surface area contributed by atoms with Gasteiger partial charge >= 0.3 is 0 Å². The Hall–Kier alpha value is -1.04. The van der Waals surface area contributed by atoms with Crippen LogP contribution in [-0.4, -0.2) is 40.6 Å². The summed E-state index contributed by atoms with van der Waals surface area (Å²) in [6.07, 6.45) is 1.96. The van der Waals surface area contributed by atoms with E-state index < -0.39 is 0 Å². The molecule has 0 bridgehead atoms. The minimum Gasteiger partial charge on any atom is -0.368 e. The van der Waals surface area contributed by atoms with Gasteiger partial charge in [-0.3, -0.25) is 4.90 Å². The van der Waals surface area contributed by atoms with E-state index in [1.165, 1.54) is 5.56 Å². The molecule has 5 heteroatoms. The van der Waals surface area contributed by atoms with E-state index in [2.05, 4.69) is 34.0 Å². The highest BCUT2D eigenvalue weighted by Gasteiger charge is 2.26. The molecule has 1 aromatic heterocycles. The molecule has 2 aliphatic rings. The molecule has 0 amide bonds. The van der Waals surface area contributed by atoms with Gasteiger partial charge in [0.25, 0.3) is 0 Å². The molecule has 5 nitrogen and oxygen atoms in total. The monoisotopic (exact) mass is 248 g/mol. The van der Waals surface area contributed by atoms with Gasteiger partial charge in [-0.2, -0.15) is 0 Å². The number of hydrogen-bond donors (Lipinski definition) is 1. The van der Waals surface area contributed by atoms with Crippen LogP contribution in [0, 0.1) is 0 Å². The first kappa shape index (κ1) is 12.0. The van der Waals surface area contributed by atoms with E-state index in [-0.39, 0.29) is 6.10 Å². The largest absolute Gasteiger partial charge is 0.368 e. The Morgan fingerprint density at radius 2 is 2.33 bits per heavy atom. The Labute approximate surface area is 108 Å². The molecule has 0 radical (unpaired) electrons. The Bertz CT molecular complexity index is 435. The predicted octanol–water partition coefficient (Wildman–Crippen LogP) is 0.861. The van der Waals surface area contributed by atoms with Gasteiger partial charge in [0.05, 0.1) is 12.3 Å². The van der Waals surface area contributed by atoms with Crippen molar-refractivity contribution in [2.24, 2.45) is 0 Å². The van der Waals surface area contributed by atoms with E-state index in [1.54, 1.807) is 0 Å². The van der Waals surface area contributed by atoms with Crippen LogP contribution in [0.1, 0.15) is 37.0 Å². The average molecular weight is 248 g/mol. The first-order valence-electron chi connectivity index (χ1n) is 6.65. The van der Waals surface area contributed by atoms with Gasteiger partial charge in [0, 0.05) is 44.0 Å². The van der Waals surface area contributed by atoms with Gasteiger partial charge in [0.1, 0.15) is 6.10 Å². The molecule has 0 spiro atoms. The van der Waals surface area contributed by atoms with Crippen molar-refractivity contribution in [3.8, 4) is 0 Å². The van der Waals surface area contributed by atoms with E-state index in [0.717, 1.165) is 44.3 Å². The van der Waals surface area contributed by atoms with Gasteiger partial charge in [-0.15, -0.1) is 0 Å². The second-order valence-electron chi connectivity index (χ2n) is 5.25. The Balaban J connectivity index is 1.78. The number of ether oxygens (including phenoxy) is 1. The summed E-state index contributed by atoms with van der Waals surface area (Å²) in [5.41, 5.74) is 2.35. The number of morpholine rings is 1. The molecule has 0 aromatic carbocycles. The van der Waals surface area contributed by atoms with Crippen molar-refractivity contribution in [1.29, 1.82) is 0 Å². The number of aromatic nitrogens is 2. The normalized spacial score (nSPS) is 24.5. The van der Waals surface area contributed by atoms with Gasteiger partial charge in [-0.1, -0.05) is 0 Å². The highest BCUT2D eigenvalue weighted by molar-refractivity contribution is 5.21. The molecular weight excluding hydrogens is 228 g/mol. The van der Waals surface area contributed by atoms with Crippen LogP contribution in [0.3, 0.4) is 0 Å². The van der Waals surface area contributed by atoms with E-state index in [9.17, 15) is 0 Å². The zero-order valence-electron chi connectivity index (χ0n) is 11.0. The number of nitrogens with zero attached hydrogens (tertiary/aromatic N) is 3. The number of rotatable bonds is 2. The SMILES string of the molecule is CC(C)N1CCOC(c2ncc3c(n2)CNC3)C1. The van der Waals surface area contributed by atoms with Gasteiger partial charge < -0.3 is 10.1 Å². The van der Waals surface area contributed by atoms with Crippen LogP contribution in [0.5, 0.6) is 0 Å². The van der Waals surface area contributed by atoms with Crippen molar-refractivity contribution in [3.05, 3.63) is 23.3 Å². The summed E-state index contributed by atoms with van der Waals surface area (Å²) in [6.45, 7) is 8.84. The summed E-state index contributed by atoms with van der Waals surface area (Å²) in [7, 11) is 0. The van der Waals surface area contributed by atoms with Gasteiger partial charge in [-0.05, 0) is 13.8 Å². The third kappa shape index (κ3) is 2.25. The first-order valence-corrected chi connectivity index (χ1v) is 6.65. The minimum absolute atomic E-state index is 0.0204. The summed E-state index contributed by atoms with van der Waals surface area (Å²) in [5, 5.41) is 3.29. The van der Waals surface area contributed by atoms with Crippen LogP contribution in [0.15, 0.2) is 6.20 Å². The maximum Gasteiger partial charge on any atom is 0.158 e. The highest BCUT2D eigenvalue weighted by Crippen LogP contribution is 2.22. The van der Waals surface area contributed by atoms with Crippen LogP contribution in [0.25, 0.3) is 0 Å². The maximum absolute atomic E-state index is 5.82. The maximum atomic E-state index is 5.82. The first-order chi connectivity index (χ1) is 8.74. The molecule has 98 valence electrons. The van der Waals surface area contributed by atoms with Crippen molar-refractivity contribution in [2.45, 2.75) is 39.1 Å². The third-order valence-corrected chi connectivity index (χ3v) is 3.70. The number of nitrogens with one attached hydrogen (secondary N) is 1. The molecule has 1 atom stereocenters. The van der Waals surface area contributed by atoms with Crippen molar-refractivity contribution < 1.29 is 4.74 Å². The molecule has 1 unspecified atom stereocenters. The smallest absolute Gasteiger partial charge is 0.158 e. The molecule has 1 fully saturated rings. The standard InChI is InChI=1S/C13H20N4O/c1-9(2)17-3-4-18-12(8-17)13-15-6-10-5-14-7-11(10)16-13/h6,9,12,14H,3-5,7-8H2,1-2H3. The summed E-state index contributed by atoms with van der Waals surface area (Å²) in [5.74, 6) is 0.836. The molecule has 3 heterocycles. The molecule has 0 aliphatic carbocycles. The van der Waals surface area contributed by atoms with Crippen LogP contribution in [0.4, 0.5) is 0 Å². The lowest BCUT2D eigenvalue weighted by Gasteiger charge is -2.34. The second kappa shape index (κ2) is 4.91. The fourth-order valence-corrected chi connectivity index (χ4v) is 2.52. The Morgan fingerprint density at radius 3 is 3.17 bits per heavy atom. The summed E-state index contributed by atoms with van der Waals surface area (Å²) in [4.78, 5) is 11.5. The molecule has 3 rings (SSSR count). The van der Waals surface area contributed by atoms with Crippen molar-refractivity contribution in [2.75, 3.05) is 19.7 Å².